The quantitative estimate of drug-likeness (QED) is 0.864. The van der Waals surface area contributed by atoms with Crippen LogP contribution in [0.4, 0.5) is 0 Å². The highest BCUT2D eigenvalue weighted by molar-refractivity contribution is 9.10. The van der Waals surface area contributed by atoms with Crippen LogP contribution in [0, 0.1) is 12.3 Å². The number of nitrogens with zero attached hydrogens (tertiary/aromatic N) is 1. The van der Waals surface area contributed by atoms with Crippen molar-refractivity contribution in [2.24, 2.45) is 0 Å². The highest BCUT2D eigenvalue weighted by Gasteiger charge is 2.06. The molecule has 0 radical (unpaired) electrons. The van der Waals surface area contributed by atoms with E-state index >= 15 is 0 Å². The summed E-state index contributed by atoms with van der Waals surface area (Å²) in [7, 11) is 0. The van der Waals surface area contributed by atoms with E-state index in [4.69, 9.17) is 6.42 Å². The van der Waals surface area contributed by atoms with Crippen LogP contribution in [0.2, 0.25) is 0 Å². The van der Waals surface area contributed by atoms with E-state index < -0.39 is 0 Å². The number of hydrogen-bond donors (Lipinski definition) is 1. The number of carbonyl (C=O) groups is 1. The van der Waals surface area contributed by atoms with Crippen molar-refractivity contribution in [1.29, 1.82) is 0 Å². The molecule has 0 aliphatic carbocycles. The molecule has 4 heteroatoms. The summed E-state index contributed by atoms with van der Waals surface area (Å²) in [6, 6.07) is 7.88. The molecule has 3 nitrogen and oxygen atoms in total. The average molecular weight is 291 g/mol. The Bertz CT molecular complexity index is 595. The third-order valence-corrected chi connectivity index (χ3v) is 3.15. The first-order valence-corrected chi connectivity index (χ1v) is 5.95. The summed E-state index contributed by atoms with van der Waals surface area (Å²) in [6.07, 6.45) is 6.98. The van der Waals surface area contributed by atoms with Gasteiger partial charge in [0, 0.05) is 21.6 Å². The lowest BCUT2D eigenvalue weighted by Gasteiger charge is -2.05. The predicted molar refractivity (Wildman–Crippen MR) is 71.5 cm³/mol. The maximum atomic E-state index is 11.6. The molecule has 0 aliphatic heterocycles. The average Bonchev–Trinajstić information content (AvgIpc) is 2.71. The Kier molecular flexibility index (Phi) is 3.50. The second kappa shape index (κ2) is 5.07. The maximum absolute atomic E-state index is 11.6. The second-order valence-corrected chi connectivity index (χ2v) is 4.45. The van der Waals surface area contributed by atoms with Crippen molar-refractivity contribution in [3.05, 3.63) is 34.9 Å². The third kappa shape index (κ3) is 2.51. The summed E-state index contributed by atoms with van der Waals surface area (Å²) in [5, 5.41) is 3.74. The number of halogens is 1. The molecule has 17 heavy (non-hydrogen) atoms. The molecule has 86 valence electrons. The minimum Gasteiger partial charge on any atom is -0.344 e. The minimum absolute atomic E-state index is 0.0829. The Morgan fingerprint density at radius 3 is 3.06 bits per heavy atom. The largest absolute Gasteiger partial charge is 0.344 e. The number of nitrogens with one attached hydrogen (secondary N) is 1. The molecule has 1 aromatic heterocycles. The zero-order chi connectivity index (χ0) is 12.3. The Balaban J connectivity index is 2.23. The summed E-state index contributed by atoms with van der Waals surface area (Å²) >= 11 is 3.48. The summed E-state index contributed by atoms with van der Waals surface area (Å²) in [6.45, 7) is 0.545. The number of fused-ring (bicyclic) bond motifs is 1. The van der Waals surface area contributed by atoms with Gasteiger partial charge in [0.2, 0.25) is 5.91 Å². The number of hydrogen-bond acceptors (Lipinski definition) is 1. The molecule has 0 bridgehead atoms. The Morgan fingerprint density at radius 1 is 1.47 bits per heavy atom. The zero-order valence-electron chi connectivity index (χ0n) is 9.11. The van der Waals surface area contributed by atoms with Gasteiger partial charge < -0.3 is 9.88 Å². The van der Waals surface area contributed by atoms with Crippen LogP contribution < -0.4 is 5.32 Å². The highest BCUT2D eigenvalue weighted by Crippen LogP contribution is 2.24. The zero-order valence-corrected chi connectivity index (χ0v) is 10.7. The van der Waals surface area contributed by atoms with Gasteiger partial charge in [-0.05, 0) is 18.2 Å². The van der Waals surface area contributed by atoms with Gasteiger partial charge >= 0.3 is 0 Å². The Hall–Kier alpha value is -1.73. The fraction of sp³-hybridized carbons (Fsp3) is 0.154. The first-order valence-electron chi connectivity index (χ1n) is 5.16. The van der Waals surface area contributed by atoms with Crippen molar-refractivity contribution in [2.75, 3.05) is 6.54 Å². The molecule has 0 saturated carbocycles. The Labute approximate surface area is 108 Å². The van der Waals surface area contributed by atoms with Crippen molar-refractivity contribution in [1.82, 2.24) is 9.88 Å². The minimum atomic E-state index is -0.0829. The van der Waals surface area contributed by atoms with Gasteiger partial charge in [0.05, 0.1) is 6.54 Å². The van der Waals surface area contributed by atoms with Gasteiger partial charge in [0.25, 0.3) is 0 Å². The van der Waals surface area contributed by atoms with Crippen LogP contribution in [0.3, 0.4) is 0 Å². The fourth-order valence-electron chi connectivity index (χ4n) is 1.68. The van der Waals surface area contributed by atoms with Crippen LogP contribution >= 0.6 is 15.9 Å². The molecule has 1 heterocycles. The molecule has 1 N–H and O–H groups in total. The van der Waals surface area contributed by atoms with Gasteiger partial charge in [0.1, 0.15) is 6.54 Å². The number of carbonyl (C=O) groups excluding carboxylic acids is 1. The van der Waals surface area contributed by atoms with Crippen molar-refractivity contribution in [3.63, 3.8) is 0 Å². The van der Waals surface area contributed by atoms with Crippen LogP contribution in [0.5, 0.6) is 0 Å². The second-order valence-electron chi connectivity index (χ2n) is 3.60. The van der Waals surface area contributed by atoms with Gasteiger partial charge in [-0.3, -0.25) is 4.79 Å². The van der Waals surface area contributed by atoms with Crippen LogP contribution in [0.15, 0.2) is 34.9 Å². The molecule has 0 atom stereocenters. The topological polar surface area (TPSA) is 34.0 Å². The molecule has 1 amide bonds. The molecule has 0 spiro atoms. The van der Waals surface area contributed by atoms with E-state index in [0.29, 0.717) is 0 Å². The molecule has 1 aromatic carbocycles. The van der Waals surface area contributed by atoms with Crippen molar-refractivity contribution in [3.8, 4) is 12.3 Å². The first-order chi connectivity index (χ1) is 8.22. The predicted octanol–water partition coefficient (Wildman–Crippen LogP) is 2.15. The number of aromatic nitrogens is 1. The smallest absolute Gasteiger partial charge is 0.240 e. The van der Waals surface area contributed by atoms with E-state index in [0.717, 1.165) is 15.4 Å². The van der Waals surface area contributed by atoms with Gasteiger partial charge in [-0.15, -0.1) is 6.42 Å². The SMILES string of the molecule is C#CCNC(=O)Cn1ccc2c(Br)cccc21. The maximum Gasteiger partial charge on any atom is 0.240 e. The van der Waals surface area contributed by atoms with Crippen LogP contribution in [-0.4, -0.2) is 17.0 Å². The number of rotatable bonds is 3. The van der Waals surface area contributed by atoms with Crippen LogP contribution in [-0.2, 0) is 11.3 Å². The molecule has 2 aromatic rings. The molecule has 2 rings (SSSR count). The van der Waals surface area contributed by atoms with Gasteiger partial charge in [-0.1, -0.05) is 27.9 Å². The lowest BCUT2D eigenvalue weighted by molar-refractivity contribution is -0.121. The summed E-state index contributed by atoms with van der Waals surface area (Å²) < 4.78 is 2.92. The van der Waals surface area contributed by atoms with Crippen LogP contribution in [0.1, 0.15) is 0 Å². The van der Waals surface area contributed by atoms with E-state index in [1.165, 1.54) is 0 Å². The highest BCUT2D eigenvalue weighted by atomic mass is 79.9. The number of benzene rings is 1. The van der Waals surface area contributed by atoms with E-state index in [9.17, 15) is 4.79 Å². The molecular weight excluding hydrogens is 280 g/mol. The normalized spacial score (nSPS) is 10.1. The van der Waals surface area contributed by atoms with Gasteiger partial charge in [0.15, 0.2) is 0 Å². The fourth-order valence-corrected chi connectivity index (χ4v) is 2.17. The first kappa shape index (κ1) is 11.7. The molecular formula is C13H11BrN2O. The number of terminal acetylenes is 1. The summed E-state index contributed by atoms with van der Waals surface area (Å²) in [5.74, 6) is 2.29. The van der Waals surface area contributed by atoms with E-state index in [1.807, 2.05) is 35.0 Å². The molecule has 0 fully saturated rings. The lowest BCUT2D eigenvalue weighted by Crippen LogP contribution is -2.27. The summed E-state index contributed by atoms with van der Waals surface area (Å²) in [4.78, 5) is 11.6. The molecule has 0 aliphatic rings. The lowest BCUT2D eigenvalue weighted by atomic mass is 10.2. The van der Waals surface area contributed by atoms with Gasteiger partial charge in [-0.2, -0.15) is 0 Å². The van der Waals surface area contributed by atoms with E-state index in [-0.39, 0.29) is 19.0 Å². The van der Waals surface area contributed by atoms with Crippen molar-refractivity contribution < 1.29 is 4.79 Å². The number of amides is 1. The Morgan fingerprint density at radius 2 is 2.29 bits per heavy atom. The standard InChI is InChI=1S/C13H11BrN2O/c1-2-7-15-13(17)9-16-8-6-10-11(14)4-3-5-12(10)16/h1,3-6,8H,7,9H2,(H,15,17). The van der Waals surface area contributed by atoms with E-state index in [1.54, 1.807) is 0 Å². The molecule has 0 unspecified atom stereocenters. The van der Waals surface area contributed by atoms with Gasteiger partial charge in [-0.25, -0.2) is 0 Å². The monoisotopic (exact) mass is 290 g/mol. The third-order valence-electron chi connectivity index (χ3n) is 2.46. The van der Waals surface area contributed by atoms with Crippen molar-refractivity contribution in [2.45, 2.75) is 6.54 Å². The summed E-state index contributed by atoms with van der Waals surface area (Å²) in [5.41, 5.74) is 1.02. The molecule has 0 saturated heterocycles. The van der Waals surface area contributed by atoms with Crippen LogP contribution in [0.25, 0.3) is 10.9 Å². The van der Waals surface area contributed by atoms with Crippen molar-refractivity contribution >= 4 is 32.7 Å². The van der Waals surface area contributed by atoms with E-state index in [2.05, 4.69) is 27.2 Å².